The number of nitrogens with zero attached hydrogens (tertiary/aromatic N) is 3. The van der Waals surface area contributed by atoms with E-state index >= 15 is 0 Å². The molecule has 22 heavy (non-hydrogen) atoms. The van der Waals surface area contributed by atoms with Gasteiger partial charge in [-0.1, -0.05) is 0 Å². The van der Waals surface area contributed by atoms with Crippen LogP contribution in [0.4, 0.5) is 4.39 Å². The number of carbonyl (C=O) groups is 1. The van der Waals surface area contributed by atoms with Crippen LogP contribution in [0.1, 0.15) is 15.4 Å². The fraction of sp³-hybridized carbons (Fsp3) is 0.133. The highest BCUT2D eigenvalue weighted by molar-refractivity contribution is 7.20. The second-order valence-corrected chi connectivity index (χ2v) is 5.57. The zero-order chi connectivity index (χ0) is 15.7. The van der Waals surface area contributed by atoms with Gasteiger partial charge in [-0.3, -0.25) is 0 Å². The number of rotatable bonds is 3. The zero-order valence-electron chi connectivity index (χ0n) is 11.5. The van der Waals surface area contributed by atoms with Gasteiger partial charge in [-0.25, -0.2) is 13.9 Å². The number of halogens is 1. The number of aryl methyl sites for hydroxylation is 1. The van der Waals surface area contributed by atoms with Gasteiger partial charge in [-0.15, -0.1) is 11.3 Å². The highest BCUT2D eigenvalue weighted by atomic mass is 32.1. The highest BCUT2D eigenvalue weighted by Gasteiger charge is 2.18. The number of hydrogen-bond donors (Lipinski definition) is 0. The Hall–Kier alpha value is -2.72. The van der Waals surface area contributed by atoms with E-state index in [0.717, 1.165) is 15.9 Å². The van der Waals surface area contributed by atoms with E-state index in [9.17, 15) is 9.18 Å². The van der Waals surface area contributed by atoms with E-state index in [-0.39, 0.29) is 12.4 Å². The van der Waals surface area contributed by atoms with Gasteiger partial charge in [0.2, 0.25) is 0 Å². The summed E-state index contributed by atoms with van der Waals surface area (Å²) in [6.45, 7) is 1.55. The highest BCUT2D eigenvalue weighted by Crippen LogP contribution is 2.30. The molecule has 0 aliphatic heterocycles. The number of ether oxygens (including phenoxy) is 1. The maximum atomic E-state index is 13.0. The van der Waals surface area contributed by atoms with Crippen LogP contribution in [0, 0.1) is 24.1 Å². The molecule has 110 valence electrons. The molecule has 1 aromatic carbocycles. The molecule has 5 nitrogen and oxygen atoms in total. The van der Waals surface area contributed by atoms with Crippen molar-refractivity contribution in [2.45, 2.75) is 6.92 Å². The molecule has 0 amide bonds. The largest absolute Gasteiger partial charge is 0.446 e. The minimum absolute atomic E-state index is 0.282. The van der Waals surface area contributed by atoms with E-state index < -0.39 is 5.97 Å². The Morgan fingerprint density at radius 2 is 2.18 bits per heavy atom. The third-order valence-electron chi connectivity index (χ3n) is 3.08. The molecule has 7 heteroatoms. The molecule has 2 aromatic heterocycles. The molecule has 0 unspecified atom stereocenters. The Labute approximate surface area is 129 Å². The second-order valence-electron chi connectivity index (χ2n) is 4.54. The normalized spacial score (nSPS) is 10.6. The predicted octanol–water partition coefficient (Wildman–Crippen LogP) is 3.21. The van der Waals surface area contributed by atoms with Crippen LogP contribution in [0.15, 0.2) is 30.3 Å². The van der Waals surface area contributed by atoms with Crippen LogP contribution in [-0.4, -0.2) is 22.4 Å². The maximum absolute atomic E-state index is 13.0. The van der Waals surface area contributed by atoms with Gasteiger partial charge in [-0.2, -0.15) is 10.4 Å². The standard InChI is InChI=1S/C15H10FN3O2S/c1-9-12-8-13(15(20)21-7-6-17)22-14(12)19(18-9)11-4-2-10(16)3-5-11/h2-5,8H,7H2,1H3. The van der Waals surface area contributed by atoms with Crippen molar-refractivity contribution in [2.75, 3.05) is 6.61 Å². The Morgan fingerprint density at radius 1 is 1.45 bits per heavy atom. The van der Waals surface area contributed by atoms with Gasteiger partial charge in [-0.05, 0) is 37.3 Å². The lowest BCUT2D eigenvalue weighted by molar-refractivity contribution is 0.0561. The fourth-order valence-corrected chi connectivity index (χ4v) is 3.15. The molecule has 3 rings (SSSR count). The summed E-state index contributed by atoms with van der Waals surface area (Å²) in [5, 5.41) is 13.7. The number of esters is 1. The molecule has 0 saturated heterocycles. The number of benzene rings is 1. The third-order valence-corrected chi connectivity index (χ3v) is 4.18. The second kappa shape index (κ2) is 5.58. The SMILES string of the molecule is Cc1nn(-c2ccc(F)cc2)c2sc(C(=O)OCC#N)cc12. The molecule has 0 N–H and O–H groups in total. The quantitative estimate of drug-likeness (QED) is 0.696. The number of fused-ring (bicyclic) bond motifs is 1. The number of carbonyl (C=O) groups excluding carboxylic acids is 1. The average Bonchev–Trinajstić information content (AvgIpc) is 3.07. The van der Waals surface area contributed by atoms with Crippen LogP contribution in [0.25, 0.3) is 15.9 Å². The Balaban J connectivity index is 2.05. The molecule has 0 aliphatic carbocycles. The molecule has 0 spiro atoms. The van der Waals surface area contributed by atoms with E-state index in [1.165, 1.54) is 23.5 Å². The van der Waals surface area contributed by atoms with E-state index in [4.69, 9.17) is 10.00 Å². The Morgan fingerprint density at radius 3 is 2.86 bits per heavy atom. The van der Waals surface area contributed by atoms with Crippen molar-refractivity contribution in [3.05, 3.63) is 46.7 Å². The fourth-order valence-electron chi connectivity index (χ4n) is 2.07. The summed E-state index contributed by atoms with van der Waals surface area (Å²) in [6, 6.07) is 9.40. The Kier molecular flexibility index (Phi) is 3.61. The summed E-state index contributed by atoms with van der Waals surface area (Å²) in [6.07, 6.45) is 0. The first-order valence-electron chi connectivity index (χ1n) is 6.39. The maximum Gasteiger partial charge on any atom is 0.349 e. The van der Waals surface area contributed by atoms with Crippen molar-refractivity contribution in [3.63, 3.8) is 0 Å². The number of thiophene rings is 1. The summed E-state index contributed by atoms with van der Waals surface area (Å²) in [5.41, 5.74) is 1.47. The molecular weight excluding hydrogens is 305 g/mol. The van der Waals surface area contributed by atoms with Crippen LogP contribution in [0.2, 0.25) is 0 Å². The van der Waals surface area contributed by atoms with Gasteiger partial charge in [0.05, 0.1) is 11.4 Å². The van der Waals surface area contributed by atoms with Crippen LogP contribution >= 0.6 is 11.3 Å². The minimum atomic E-state index is -0.534. The van der Waals surface area contributed by atoms with Gasteiger partial charge in [0, 0.05) is 5.39 Å². The summed E-state index contributed by atoms with van der Waals surface area (Å²) in [4.78, 5) is 13.0. The lowest BCUT2D eigenvalue weighted by Gasteiger charge is -2.01. The molecule has 2 heterocycles. The van der Waals surface area contributed by atoms with E-state index in [0.29, 0.717) is 10.6 Å². The van der Waals surface area contributed by atoms with Crippen LogP contribution in [0.5, 0.6) is 0 Å². The zero-order valence-corrected chi connectivity index (χ0v) is 12.4. The molecule has 3 aromatic rings. The average molecular weight is 315 g/mol. The summed E-state index contributed by atoms with van der Waals surface area (Å²) < 4.78 is 19.5. The first-order valence-corrected chi connectivity index (χ1v) is 7.21. The first-order chi connectivity index (χ1) is 10.6. The van der Waals surface area contributed by atoms with Gasteiger partial charge in [0.15, 0.2) is 6.61 Å². The minimum Gasteiger partial charge on any atom is -0.446 e. The molecule has 0 saturated carbocycles. The monoisotopic (exact) mass is 315 g/mol. The molecule has 0 aliphatic rings. The van der Waals surface area contributed by atoms with Crippen LogP contribution in [-0.2, 0) is 4.74 Å². The molecule has 0 fully saturated rings. The van der Waals surface area contributed by atoms with Crippen molar-refractivity contribution in [1.29, 1.82) is 5.26 Å². The summed E-state index contributed by atoms with van der Waals surface area (Å²) in [5.74, 6) is -0.858. The molecule has 0 radical (unpaired) electrons. The van der Waals surface area contributed by atoms with Gasteiger partial charge in [0.1, 0.15) is 21.6 Å². The topological polar surface area (TPSA) is 67.9 Å². The molecule has 0 bridgehead atoms. The van der Waals surface area contributed by atoms with Crippen molar-refractivity contribution < 1.29 is 13.9 Å². The van der Waals surface area contributed by atoms with E-state index in [2.05, 4.69) is 5.10 Å². The van der Waals surface area contributed by atoms with Crippen molar-refractivity contribution in [3.8, 4) is 11.8 Å². The van der Waals surface area contributed by atoms with E-state index in [1.54, 1.807) is 29.0 Å². The lowest BCUT2D eigenvalue weighted by atomic mass is 10.3. The lowest BCUT2D eigenvalue weighted by Crippen LogP contribution is -2.02. The van der Waals surface area contributed by atoms with Gasteiger partial charge >= 0.3 is 5.97 Å². The number of hydrogen-bond acceptors (Lipinski definition) is 5. The summed E-state index contributed by atoms with van der Waals surface area (Å²) in [7, 11) is 0. The smallest absolute Gasteiger partial charge is 0.349 e. The summed E-state index contributed by atoms with van der Waals surface area (Å²) >= 11 is 1.23. The van der Waals surface area contributed by atoms with E-state index in [1.807, 2.05) is 6.92 Å². The van der Waals surface area contributed by atoms with Crippen molar-refractivity contribution in [2.24, 2.45) is 0 Å². The van der Waals surface area contributed by atoms with Crippen LogP contribution in [0.3, 0.4) is 0 Å². The van der Waals surface area contributed by atoms with Crippen molar-refractivity contribution >= 4 is 27.5 Å². The van der Waals surface area contributed by atoms with Gasteiger partial charge in [0.25, 0.3) is 0 Å². The number of aromatic nitrogens is 2. The molecular formula is C15H10FN3O2S. The predicted molar refractivity (Wildman–Crippen MR) is 79.5 cm³/mol. The first kappa shape index (κ1) is 14.2. The van der Waals surface area contributed by atoms with Crippen molar-refractivity contribution in [1.82, 2.24) is 9.78 Å². The van der Waals surface area contributed by atoms with Crippen LogP contribution < -0.4 is 0 Å². The number of nitriles is 1. The third kappa shape index (κ3) is 2.44. The van der Waals surface area contributed by atoms with Gasteiger partial charge < -0.3 is 4.74 Å². The molecule has 0 atom stereocenters. The Bertz CT molecular complexity index is 890.